The van der Waals surface area contributed by atoms with Crippen LogP contribution >= 0.6 is 38.9 Å². The van der Waals surface area contributed by atoms with Crippen LogP contribution in [0.15, 0.2) is 45.3 Å². The highest BCUT2D eigenvalue weighted by atomic mass is 79.9. The summed E-state index contributed by atoms with van der Waals surface area (Å²) >= 11 is 10.4. The van der Waals surface area contributed by atoms with E-state index >= 15 is 0 Å². The molecule has 4 rings (SSSR count). The van der Waals surface area contributed by atoms with Crippen molar-refractivity contribution >= 4 is 64.9 Å². The van der Waals surface area contributed by atoms with E-state index in [0.29, 0.717) is 9.50 Å². The molecule has 0 saturated carbocycles. The van der Waals surface area contributed by atoms with Crippen molar-refractivity contribution in [1.82, 2.24) is 19.2 Å². The number of thiophene rings is 1. The van der Waals surface area contributed by atoms with Crippen LogP contribution in [0, 0.1) is 0 Å². The second-order valence-corrected chi connectivity index (χ2v) is 10.8. The molecule has 0 N–H and O–H groups in total. The summed E-state index contributed by atoms with van der Waals surface area (Å²) < 4.78 is 29.2. The van der Waals surface area contributed by atoms with Gasteiger partial charge in [0.15, 0.2) is 0 Å². The third-order valence-electron chi connectivity index (χ3n) is 4.39. The van der Waals surface area contributed by atoms with E-state index in [0.717, 1.165) is 10.1 Å². The van der Waals surface area contributed by atoms with Crippen molar-refractivity contribution in [3.8, 4) is 0 Å². The largest absolute Gasteiger partial charge is 0.333 e. The molecule has 1 fully saturated rings. The fourth-order valence-electron chi connectivity index (χ4n) is 2.93. The third-order valence-corrected chi connectivity index (χ3v) is 8.48. The number of carbonyl (C=O) groups is 1. The van der Waals surface area contributed by atoms with Crippen molar-refractivity contribution in [3.05, 3.63) is 52.0 Å². The molecule has 3 heterocycles. The quantitative estimate of drug-likeness (QED) is 0.550. The van der Waals surface area contributed by atoms with E-state index in [2.05, 4.69) is 25.9 Å². The number of nitrogens with zero attached hydrogens (tertiary/aromatic N) is 4. The van der Waals surface area contributed by atoms with Crippen LogP contribution in [-0.2, 0) is 10.0 Å². The number of carbonyl (C=O) groups excluding carboxylic acids is 1. The van der Waals surface area contributed by atoms with Crippen molar-refractivity contribution in [3.63, 3.8) is 0 Å². The first-order valence-electron chi connectivity index (χ1n) is 8.31. The van der Waals surface area contributed by atoms with Gasteiger partial charge in [-0.1, -0.05) is 17.7 Å². The van der Waals surface area contributed by atoms with Gasteiger partial charge in [-0.15, -0.1) is 11.3 Å². The number of sulfonamides is 1. The van der Waals surface area contributed by atoms with Gasteiger partial charge in [0.05, 0.1) is 4.47 Å². The van der Waals surface area contributed by atoms with E-state index in [1.54, 1.807) is 23.1 Å². The van der Waals surface area contributed by atoms with Crippen molar-refractivity contribution in [2.24, 2.45) is 0 Å². The van der Waals surface area contributed by atoms with Gasteiger partial charge in [-0.25, -0.2) is 18.4 Å². The van der Waals surface area contributed by atoms with Gasteiger partial charge in [-0.05, 0) is 39.5 Å². The number of piperazine rings is 1. The highest BCUT2D eigenvalue weighted by molar-refractivity contribution is 9.10. The Kier molecular flexibility index (Phi) is 5.41. The van der Waals surface area contributed by atoms with E-state index in [9.17, 15) is 13.2 Å². The first-order chi connectivity index (χ1) is 13.3. The van der Waals surface area contributed by atoms with Crippen molar-refractivity contribution in [1.29, 1.82) is 0 Å². The van der Waals surface area contributed by atoms with Crippen LogP contribution in [0.4, 0.5) is 0 Å². The smallest absolute Gasteiger partial charge is 0.291 e. The first-order valence-corrected chi connectivity index (χ1v) is 11.7. The number of benzene rings is 1. The summed E-state index contributed by atoms with van der Waals surface area (Å²) in [5.74, 6) is -0.207. The lowest BCUT2D eigenvalue weighted by molar-refractivity contribution is 0.0685. The van der Waals surface area contributed by atoms with Crippen LogP contribution in [0.5, 0.6) is 0 Å². The van der Waals surface area contributed by atoms with Gasteiger partial charge in [0.25, 0.3) is 15.9 Å². The van der Waals surface area contributed by atoms with E-state index < -0.39 is 10.0 Å². The Morgan fingerprint density at radius 1 is 1.11 bits per heavy atom. The molecule has 1 aliphatic rings. The van der Waals surface area contributed by atoms with Crippen LogP contribution in [0.3, 0.4) is 0 Å². The Balaban J connectivity index is 1.48. The van der Waals surface area contributed by atoms with E-state index in [4.69, 9.17) is 11.6 Å². The molecule has 1 aliphatic heterocycles. The normalized spacial score (nSPS) is 15.9. The molecular formula is C17H14BrClN4O3S2. The number of hydrogen-bond donors (Lipinski definition) is 0. The molecule has 146 valence electrons. The monoisotopic (exact) mass is 500 g/mol. The zero-order valence-corrected chi connectivity index (χ0v) is 18.4. The topological polar surface area (TPSA) is 83.5 Å². The molecule has 0 bridgehead atoms. The maximum atomic E-state index is 13.0. The number of halogens is 2. The molecule has 0 atom stereocenters. The van der Waals surface area contributed by atoms with Crippen molar-refractivity contribution in [2.45, 2.75) is 4.21 Å². The van der Waals surface area contributed by atoms with Crippen LogP contribution in [0.1, 0.15) is 10.6 Å². The molecule has 0 aliphatic carbocycles. The number of aromatic nitrogens is 2. The minimum absolute atomic E-state index is 0.0980. The average molecular weight is 502 g/mol. The van der Waals surface area contributed by atoms with Crippen LogP contribution in [0.2, 0.25) is 5.02 Å². The third kappa shape index (κ3) is 3.79. The lowest BCUT2D eigenvalue weighted by atomic mass is 10.3. The number of hydrogen-bond acceptors (Lipinski definition) is 6. The predicted octanol–water partition coefficient (Wildman–Crippen LogP) is 3.25. The maximum Gasteiger partial charge on any atom is 0.291 e. The summed E-state index contributed by atoms with van der Waals surface area (Å²) in [7, 11) is -3.62. The number of rotatable bonds is 3. The van der Waals surface area contributed by atoms with Crippen LogP contribution in [-0.4, -0.2) is 59.7 Å². The Labute approximate surface area is 179 Å². The summed E-state index contributed by atoms with van der Waals surface area (Å²) in [4.78, 5) is 22.1. The van der Waals surface area contributed by atoms with Gasteiger partial charge < -0.3 is 4.90 Å². The molecular weight excluding hydrogens is 488 g/mol. The molecule has 2 aromatic heterocycles. The van der Waals surface area contributed by atoms with E-state index in [1.807, 2.05) is 6.07 Å². The first kappa shape index (κ1) is 19.7. The Morgan fingerprint density at radius 3 is 2.46 bits per heavy atom. The molecule has 1 amide bonds. The van der Waals surface area contributed by atoms with Crippen LogP contribution in [0.25, 0.3) is 10.1 Å². The molecule has 0 spiro atoms. The highest BCUT2D eigenvalue weighted by Crippen LogP contribution is 2.33. The Bertz CT molecular complexity index is 1140. The zero-order valence-electron chi connectivity index (χ0n) is 14.4. The SMILES string of the molecule is O=C(c1ncc(Br)cn1)N1CCN(S(=O)(=O)c2cc3ccc(Cl)cc3s2)CC1. The average Bonchev–Trinajstić information content (AvgIpc) is 3.12. The Morgan fingerprint density at radius 2 is 1.79 bits per heavy atom. The van der Waals surface area contributed by atoms with Crippen molar-refractivity contribution in [2.75, 3.05) is 26.2 Å². The fraction of sp³-hybridized carbons (Fsp3) is 0.235. The highest BCUT2D eigenvalue weighted by Gasteiger charge is 2.32. The van der Waals surface area contributed by atoms with Crippen molar-refractivity contribution < 1.29 is 13.2 Å². The van der Waals surface area contributed by atoms with Gasteiger partial charge in [0.1, 0.15) is 4.21 Å². The second kappa shape index (κ2) is 7.68. The van der Waals surface area contributed by atoms with Gasteiger partial charge in [-0.3, -0.25) is 4.79 Å². The van der Waals surface area contributed by atoms with Gasteiger partial charge in [0, 0.05) is 48.3 Å². The molecule has 3 aromatic rings. The van der Waals surface area contributed by atoms with E-state index in [1.165, 1.54) is 28.0 Å². The number of fused-ring (bicyclic) bond motifs is 1. The minimum atomic E-state index is -3.62. The summed E-state index contributed by atoms with van der Waals surface area (Å²) in [6, 6.07) is 6.97. The fourth-order valence-corrected chi connectivity index (χ4v) is 6.39. The van der Waals surface area contributed by atoms with Gasteiger partial charge in [0.2, 0.25) is 5.82 Å². The lowest BCUT2D eigenvalue weighted by Crippen LogP contribution is -2.50. The molecule has 0 unspecified atom stereocenters. The molecule has 1 saturated heterocycles. The molecule has 11 heteroatoms. The molecule has 1 aromatic carbocycles. The number of amides is 1. The molecule has 28 heavy (non-hydrogen) atoms. The summed E-state index contributed by atoms with van der Waals surface area (Å²) in [6.45, 7) is 1.02. The summed E-state index contributed by atoms with van der Waals surface area (Å²) in [6.07, 6.45) is 3.02. The predicted molar refractivity (Wildman–Crippen MR) is 111 cm³/mol. The van der Waals surface area contributed by atoms with Gasteiger partial charge in [-0.2, -0.15) is 4.31 Å². The second-order valence-electron chi connectivity index (χ2n) is 6.17. The summed E-state index contributed by atoms with van der Waals surface area (Å²) in [5, 5.41) is 1.41. The lowest BCUT2D eigenvalue weighted by Gasteiger charge is -2.33. The minimum Gasteiger partial charge on any atom is -0.333 e. The Hall–Kier alpha value is -1.59. The van der Waals surface area contributed by atoms with Gasteiger partial charge >= 0.3 is 0 Å². The maximum absolute atomic E-state index is 13.0. The molecule has 7 nitrogen and oxygen atoms in total. The van der Waals surface area contributed by atoms with Crippen LogP contribution < -0.4 is 0 Å². The molecule has 0 radical (unpaired) electrons. The van der Waals surface area contributed by atoms with E-state index in [-0.39, 0.29) is 42.1 Å². The standard InChI is InChI=1S/C17H14BrClN4O3S2/c18-12-9-20-16(21-10-12)17(24)22-3-5-23(6-4-22)28(25,26)15-7-11-1-2-13(19)8-14(11)27-15/h1-2,7-10H,3-6H2. The zero-order chi connectivity index (χ0) is 19.9. The summed E-state index contributed by atoms with van der Waals surface area (Å²) in [5.41, 5.74) is 0.